The van der Waals surface area contributed by atoms with Gasteiger partial charge in [0, 0.05) is 29.5 Å². The van der Waals surface area contributed by atoms with Gasteiger partial charge in [-0.15, -0.1) is 0 Å². The first-order chi connectivity index (χ1) is 13.4. The third-order valence-electron chi connectivity index (χ3n) is 4.19. The molecule has 1 amide bonds. The second-order valence-corrected chi connectivity index (χ2v) is 8.38. The molecular weight excluding hydrogens is 376 g/mol. The number of amides is 1. The van der Waals surface area contributed by atoms with Gasteiger partial charge in [0.15, 0.2) is 0 Å². The lowest BCUT2D eigenvalue weighted by atomic mass is 10.1. The minimum absolute atomic E-state index is 0.0438. The van der Waals surface area contributed by atoms with Crippen LogP contribution in [-0.2, 0) is 32.5 Å². The van der Waals surface area contributed by atoms with Crippen LogP contribution in [0.5, 0.6) is 0 Å². The van der Waals surface area contributed by atoms with Gasteiger partial charge in [0.1, 0.15) is 11.5 Å². The molecule has 1 atom stereocenters. The molecule has 0 saturated carbocycles. The molecule has 1 unspecified atom stereocenters. The van der Waals surface area contributed by atoms with Crippen molar-refractivity contribution >= 4 is 16.7 Å². The molecule has 1 heterocycles. The highest BCUT2D eigenvalue weighted by molar-refractivity contribution is 7.84. The zero-order valence-corrected chi connectivity index (χ0v) is 17.9. The first-order valence-corrected chi connectivity index (χ1v) is 11.2. The van der Waals surface area contributed by atoms with Crippen LogP contribution in [0.3, 0.4) is 0 Å². The summed E-state index contributed by atoms with van der Waals surface area (Å²) in [6.45, 7) is 8.97. The van der Waals surface area contributed by atoms with E-state index in [1.807, 2.05) is 38.1 Å². The Morgan fingerprint density at radius 3 is 2.64 bits per heavy atom. The molecule has 0 aliphatic heterocycles. The molecule has 1 aromatic heterocycles. The van der Waals surface area contributed by atoms with E-state index in [1.165, 1.54) is 5.56 Å². The van der Waals surface area contributed by atoms with Crippen LogP contribution in [0.25, 0.3) is 11.5 Å². The van der Waals surface area contributed by atoms with Crippen molar-refractivity contribution in [1.29, 1.82) is 0 Å². The number of nitrogens with one attached hydrogen (secondary N) is 1. The van der Waals surface area contributed by atoms with Gasteiger partial charge in [-0.25, -0.2) is 4.98 Å². The molecule has 0 radical (unpaired) electrons. The summed E-state index contributed by atoms with van der Waals surface area (Å²) in [6.07, 6.45) is 1.89. The predicted molar refractivity (Wildman–Crippen MR) is 111 cm³/mol. The highest BCUT2D eigenvalue weighted by Crippen LogP contribution is 2.23. The minimum Gasteiger partial charge on any atom is -0.441 e. The summed E-state index contributed by atoms with van der Waals surface area (Å²) in [5, 5.41) is 2.77. The third-order valence-corrected chi connectivity index (χ3v) is 5.37. The van der Waals surface area contributed by atoms with Gasteiger partial charge in [0.2, 0.25) is 11.8 Å². The van der Waals surface area contributed by atoms with E-state index < -0.39 is 10.8 Å². The molecule has 154 valence electrons. The smallest absolute Gasteiger partial charge is 0.232 e. The van der Waals surface area contributed by atoms with Crippen molar-refractivity contribution in [3.8, 4) is 11.5 Å². The minimum atomic E-state index is -1.34. The van der Waals surface area contributed by atoms with Gasteiger partial charge in [-0.05, 0) is 51.3 Å². The van der Waals surface area contributed by atoms with Crippen LogP contribution in [0.2, 0.25) is 0 Å². The molecule has 7 heteroatoms. The van der Waals surface area contributed by atoms with Gasteiger partial charge < -0.3 is 14.5 Å². The van der Waals surface area contributed by atoms with Gasteiger partial charge in [-0.3, -0.25) is 9.00 Å². The Morgan fingerprint density at radius 1 is 1.29 bits per heavy atom. The number of aryl methyl sites for hydroxylation is 2. The summed E-state index contributed by atoms with van der Waals surface area (Å²) in [7, 11) is -1.34. The average Bonchev–Trinajstić information content (AvgIpc) is 3.01. The number of carbonyl (C=O) groups excluding carboxylic acids is 1. The molecular formula is C21H30N2O4S. The van der Waals surface area contributed by atoms with Gasteiger partial charge >= 0.3 is 0 Å². The number of hydrogen-bond donors (Lipinski definition) is 1. The van der Waals surface area contributed by atoms with Crippen LogP contribution in [-0.4, -0.2) is 40.1 Å². The lowest BCUT2D eigenvalue weighted by Gasteiger charge is -2.08. The molecule has 28 heavy (non-hydrogen) atoms. The van der Waals surface area contributed by atoms with Crippen molar-refractivity contribution in [1.82, 2.24) is 10.3 Å². The van der Waals surface area contributed by atoms with Crippen molar-refractivity contribution in [3.05, 3.63) is 41.3 Å². The zero-order chi connectivity index (χ0) is 20.5. The van der Waals surface area contributed by atoms with Crippen LogP contribution in [0.4, 0.5) is 0 Å². The highest BCUT2D eigenvalue weighted by atomic mass is 32.2. The number of rotatable bonds is 11. The number of aromatic nitrogens is 1. The van der Waals surface area contributed by atoms with Gasteiger partial charge in [0.05, 0.1) is 17.6 Å². The van der Waals surface area contributed by atoms with Crippen molar-refractivity contribution in [2.75, 3.05) is 18.9 Å². The van der Waals surface area contributed by atoms with E-state index in [0.717, 1.165) is 18.4 Å². The Morgan fingerprint density at radius 2 is 2.00 bits per heavy atom. The lowest BCUT2D eigenvalue weighted by Crippen LogP contribution is -2.30. The number of ether oxygens (including phenoxy) is 1. The summed E-state index contributed by atoms with van der Waals surface area (Å²) in [4.78, 5) is 16.4. The molecule has 2 rings (SSSR count). The predicted octanol–water partition coefficient (Wildman–Crippen LogP) is 3.39. The van der Waals surface area contributed by atoms with E-state index in [-0.39, 0.29) is 23.5 Å². The Balaban J connectivity index is 1.83. The third kappa shape index (κ3) is 7.20. The van der Waals surface area contributed by atoms with Crippen molar-refractivity contribution in [2.24, 2.45) is 0 Å². The van der Waals surface area contributed by atoms with E-state index >= 15 is 0 Å². The summed E-state index contributed by atoms with van der Waals surface area (Å²) in [6, 6.07) is 8.04. The normalized spacial score (nSPS) is 12.3. The van der Waals surface area contributed by atoms with Crippen LogP contribution in [0.1, 0.15) is 44.2 Å². The van der Waals surface area contributed by atoms with E-state index in [4.69, 9.17) is 9.15 Å². The molecule has 0 aliphatic rings. The number of hydrogen-bond acceptors (Lipinski definition) is 5. The van der Waals surface area contributed by atoms with Crippen LogP contribution in [0.15, 0.2) is 28.7 Å². The highest BCUT2D eigenvalue weighted by Gasteiger charge is 2.16. The second-order valence-electron chi connectivity index (χ2n) is 6.92. The fraction of sp³-hybridized carbons (Fsp3) is 0.524. The van der Waals surface area contributed by atoms with E-state index in [2.05, 4.69) is 17.2 Å². The molecule has 0 bridgehead atoms. The number of carbonyl (C=O) groups is 1. The molecule has 1 aromatic carbocycles. The standard InChI is InChI=1S/C21H30N2O4S/c1-5-17-7-9-18(10-8-17)21-23-19(16(4)27-21)13-28(25)14-20(24)22-11-6-12-26-15(2)3/h7-10,15H,5-6,11-14H2,1-4H3,(H,22,24). The number of nitrogens with zero attached hydrogens (tertiary/aromatic N) is 1. The number of oxazole rings is 1. The Kier molecular flexibility index (Phi) is 8.86. The molecule has 0 saturated heterocycles. The van der Waals surface area contributed by atoms with E-state index in [9.17, 15) is 9.00 Å². The monoisotopic (exact) mass is 406 g/mol. The Labute approximate surface area is 169 Å². The topological polar surface area (TPSA) is 81.4 Å². The van der Waals surface area contributed by atoms with Crippen LogP contribution in [0, 0.1) is 6.92 Å². The fourth-order valence-corrected chi connectivity index (χ4v) is 3.66. The molecule has 0 aliphatic carbocycles. The van der Waals surface area contributed by atoms with Gasteiger partial charge in [0.25, 0.3) is 0 Å². The van der Waals surface area contributed by atoms with Crippen molar-refractivity contribution in [3.63, 3.8) is 0 Å². The fourth-order valence-electron chi connectivity index (χ4n) is 2.59. The first-order valence-electron chi connectivity index (χ1n) is 9.68. The SMILES string of the molecule is CCc1ccc(-c2nc(CS(=O)CC(=O)NCCCOC(C)C)c(C)o2)cc1. The molecule has 2 aromatic rings. The van der Waals surface area contributed by atoms with Crippen molar-refractivity contribution < 1.29 is 18.2 Å². The largest absolute Gasteiger partial charge is 0.441 e. The quantitative estimate of drug-likeness (QED) is 0.579. The molecule has 1 N–H and O–H groups in total. The first kappa shape index (κ1) is 22.3. The molecule has 0 spiro atoms. The van der Waals surface area contributed by atoms with E-state index in [1.54, 1.807) is 6.92 Å². The summed E-state index contributed by atoms with van der Waals surface area (Å²) in [5.74, 6) is 1.08. The maximum absolute atomic E-state index is 12.3. The lowest BCUT2D eigenvalue weighted by molar-refractivity contribution is -0.118. The average molecular weight is 407 g/mol. The van der Waals surface area contributed by atoms with Gasteiger partial charge in [-0.2, -0.15) is 0 Å². The van der Waals surface area contributed by atoms with Crippen molar-refractivity contribution in [2.45, 2.75) is 52.4 Å². The maximum Gasteiger partial charge on any atom is 0.232 e. The molecule has 0 fully saturated rings. The summed E-state index contributed by atoms with van der Waals surface area (Å²) >= 11 is 0. The molecule has 6 nitrogen and oxygen atoms in total. The summed E-state index contributed by atoms with van der Waals surface area (Å²) < 4.78 is 23.5. The second kappa shape index (κ2) is 11.1. The van der Waals surface area contributed by atoms with Crippen LogP contribution < -0.4 is 5.32 Å². The number of benzene rings is 1. The zero-order valence-electron chi connectivity index (χ0n) is 17.1. The Bertz CT molecular complexity index is 784. The van der Waals surface area contributed by atoms with Gasteiger partial charge in [-0.1, -0.05) is 19.1 Å². The van der Waals surface area contributed by atoms with Crippen LogP contribution >= 0.6 is 0 Å². The van der Waals surface area contributed by atoms with E-state index in [0.29, 0.717) is 30.5 Å². The summed E-state index contributed by atoms with van der Waals surface area (Å²) in [5.41, 5.74) is 2.76. The Hall–Kier alpha value is -1.99. The maximum atomic E-state index is 12.3.